The number of methoxy groups -OCH3 is 2. The molecule has 0 amide bonds. The van der Waals surface area contributed by atoms with Crippen LogP contribution in [0.3, 0.4) is 0 Å². The number of benzene rings is 2. The number of hydrogen-bond acceptors (Lipinski definition) is 6. The van der Waals surface area contributed by atoms with Crippen molar-refractivity contribution < 1.29 is 26.3 Å². The fourth-order valence-electron chi connectivity index (χ4n) is 3.17. The first kappa shape index (κ1) is 20.3. The molecule has 0 bridgehead atoms. The Morgan fingerprint density at radius 3 is 2.32 bits per heavy atom. The van der Waals surface area contributed by atoms with Crippen molar-refractivity contribution in [3.05, 3.63) is 42.0 Å². The molecule has 0 aliphatic carbocycles. The predicted octanol–water partition coefficient (Wildman–Crippen LogP) is 2.22. The number of aryl methyl sites for hydroxylation is 1. The highest BCUT2D eigenvalue weighted by molar-refractivity contribution is 7.92. The first-order valence-electron chi connectivity index (χ1n) is 8.51. The molecule has 3 rings (SSSR count). The van der Waals surface area contributed by atoms with E-state index in [0.29, 0.717) is 42.3 Å². The van der Waals surface area contributed by atoms with E-state index in [2.05, 4.69) is 4.72 Å². The zero-order valence-electron chi connectivity index (χ0n) is 15.8. The third kappa shape index (κ3) is 4.02. The lowest BCUT2D eigenvalue weighted by Crippen LogP contribution is -2.34. The number of hydrogen-bond donors (Lipinski definition) is 1. The molecule has 1 aliphatic heterocycles. The van der Waals surface area contributed by atoms with E-state index in [1.54, 1.807) is 18.2 Å². The van der Waals surface area contributed by atoms with Crippen LogP contribution in [0, 0.1) is 0 Å². The van der Waals surface area contributed by atoms with Crippen molar-refractivity contribution in [3.63, 3.8) is 0 Å². The van der Waals surface area contributed by atoms with Gasteiger partial charge in [0, 0.05) is 18.3 Å². The molecule has 8 nitrogen and oxygen atoms in total. The van der Waals surface area contributed by atoms with E-state index in [1.807, 2.05) is 0 Å². The molecular formula is C18H22N2O6S2. The van der Waals surface area contributed by atoms with Gasteiger partial charge < -0.3 is 9.47 Å². The average molecular weight is 427 g/mol. The Balaban J connectivity index is 1.92. The monoisotopic (exact) mass is 426 g/mol. The largest absolute Gasteiger partial charge is 0.493 e. The molecule has 0 saturated carbocycles. The number of ether oxygens (including phenoxy) is 2. The van der Waals surface area contributed by atoms with Crippen molar-refractivity contribution in [3.8, 4) is 11.5 Å². The van der Waals surface area contributed by atoms with Gasteiger partial charge in [0.05, 0.1) is 31.1 Å². The standard InChI is InChI=1S/C18H22N2O6S2/c1-25-17-9-7-15(12-18(17)26-2)28(23,24)19-14-6-8-16-13(11-14)5-4-10-20(16)27(3,21)22/h6-9,11-12,19H,4-5,10H2,1-3H3. The summed E-state index contributed by atoms with van der Waals surface area (Å²) in [4.78, 5) is 0.0284. The minimum atomic E-state index is -3.86. The van der Waals surface area contributed by atoms with Gasteiger partial charge in [-0.25, -0.2) is 16.8 Å². The number of nitrogens with zero attached hydrogens (tertiary/aromatic N) is 1. The van der Waals surface area contributed by atoms with Gasteiger partial charge in [0.15, 0.2) is 11.5 Å². The first-order chi connectivity index (χ1) is 13.2. The van der Waals surface area contributed by atoms with Gasteiger partial charge in [-0.05, 0) is 48.7 Å². The lowest BCUT2D eigenvalue weighted by molar-refractivity contribution is 0.354. The topological polar surface area (TPSA) is 102 Å². The molecular weight excluding hydrogens is 404 g/mol. The minimum absolute atomic E-state index is 0.0284. The number of fused-ring (bicyclic) bond motifs is 1. The van der Waals surface area contributed by atoms with Crippen LogP contribution in [0.1, 0.15) is 12.0 Å². The summed E-state index contributed by atoms with van der Waals surface area (Å²) >= 11 is 0. The van der Waals surface area contributed by atoms with Crippen LogP contribution < -0.4 is 18.5 Å². The van der Waals surface area contributed by atoms with Gasteiger partial charge in [0.1, 0.15) is 0 Å². The Hall–Kier alpha value is -2.46. The van der Waals surface area contributed by atoms with E-state index in [1.165, 1.54) is 36.7 Å². The van der Waals surface area contributed by atoms with Crippen molar-refractivity contribution in [2.24, 2.45) is 0 Å². The second-order valence-electron chi connectivity index (χ2n) is 6.40. The lowest BCUT2D eigenvalue weighted by atomic mass is 10.0. The summed E-state index contributed by atoms with van der Waals surface area (Å²) in [5.74, 6) is 0.732. The Kier molecular flexibility index (Phi) is 5.44. The predicted molar refractivity (Wildman–Crippen MR) is 107 cm³/mol. The van der Waals surface area contributed by atoms with Crippen LogP contribution in [0.25, 0.3) is 0 Å². The maximum absolute atomic E-state index is 12.7. The van der Waals surface area contributed by atoms with Crippen LogP contribution in [0.4, 0.5) is 11.4 Å². The maximum atomic E-state index is 12.7. The smallest absolute Gasteiger partial charge is 0.262 e. The second-order valence-corrected chi connectivity index (χ2v) is 9.99. The van der Waals surface area contributed by atoms with E-state index in [4.69, 9.17) is 9.47 Å². The van der Waals surface area contributed by atoms with Crippen LogP contribution in [0.2, 0.25) is 0 Å². The second kappa shape index (κ2) is 7.51. The van der Waals surface area contributed by atoms with E-state index in [0.717, 1.165) is 11.8 Å². The molecule has 152 valence electrons. The molecule has 1 aliphatic rings. The highest BCUT2D eigenvalue weighted by Crippen LogP contribution is 2.33. The third-order valence-corrected chi connectivity index (χ3v) is 7.03. The molecule has 1 N–H and O–H groups in total. The van der Waals surface area contributed by atoms with Gasteiger partial charge in [-0.2, -0.15) is 0 Å². The normalized spacial score (nSPS) is 14.3. The van der Waals surface area contributed by atoms with Crippen LogP contribution in [0.15, 0.2) is 41.3 Å². The highest BCUT2D eigenvalue weighted by atomic mass is 32.2. The quantitative estimate of drug-likeness (QED) is 0.760. The first-order valence-corrected chi connectivity index (χ1v) is 11.8. The van der Waals surface area contributed by atoms with Crippen molar-refractivity contribution in [2.75, 3.05) is 36.0 Å². The Morgan fingerprint density at radius 1 is 0.964 bits per heavy atom. The number of anilines is 2. The van der Waals surface area contributed by atoms with Crippen molar-refractivity contribution in [1.82, 2.24) is 0 Å². The van der Waals surface area contributed by atoms with Gasteiger partial charge in [0.2, 0.25) is 10.0 Å². The SMILES string of the molecule is COc1ccc(S(=O)(=O)Nc2ccc3c(c2)CCCN3S(C)(=O)=O)cc1OC. The summed E-state index contributed by atoms with van der Waals surface area (Å²) in [6.45, 7) is 0.419. The molecule has 0 spiro atoms. The molecule has 0 atom stereocenters. The molecule has 0 fully saturated rings. The zero-order valence-corrected chi connectivity index (χ0v) is 17.4. The fraction of sp³-hybridized carbons (Fsp3) is 0.333. The van der Waals surface area contributed by atoms with Gasteiger partial charge in [0.25, 0.3) is 10.0 Å². The van der Waals surface area contributed by atoms with Gasteiger partial charge in [-0.3, -0.25) is 9.03 Å². The van der Waals surface area contributed by atoms with Gasteiger partial charge >= 0.3 is 0 Å². The van der Waals surface area contributed by atoms with Crippen LogP contribution in [0.5, 0.6) is 11.5 Å². The van der Waals surface area contributed by atoms with Crippen molar-refractivity contribution >= 4 is 31.4 Å². The van der Waals surface area contributed by atoms with E-state index in [-0.39, 0.29) is 4.90 Å². The van der Waals surface area contributed by atoms with Crippen LogP contribution >= 0.6 is 0 Å². The van der Waals surface area contributed by atoms with Crippen molar-refractivity contribution in [2.45, 2.75) is 17.7 Å². The average Bonchev–Trinajstić information content (AvgIpc) is 2.65. The molecule has 0 radical (unpaired) electrons. The third-order valence-electron chi connectivity index (χ3n) is 4.47. The summed E-state index contributed by atoms with van der Waals surface area (Å²) in [7, 11) is -4.33. The Morgan fingerprint density at radius 2 is 1.68 bits per heavy atom. The summed E-state index contributed by atoms with van der Waals surface area (Å²) in [5.41, 5.74) is 1.73. The fourth-order valence-corrected chi connectivity index (χ4v) is 5.23. The molecule has 1 heterocycles. The molecule has 2 aromatic rings. The molecule has 2 aromatic carbocycles. The Bertz CT molecular complexity index is 1100. The molecule has 0 aromatic heterocycles. The summed E-state index contributed by atoms with van der Waals surface area (Å²) in [6, 6.07) is 9.18. The summed E-state index contributed by atoms with van der Waals surface area (Å²) < 4.78 is 63.6. The highest BCUT2D eigenvalue weighted by Gasteiger charge is 2.25. The van der Waals surface area contributed by atoms with Crippen LogP contribution in [-0.4, -0.2) is 43.9 Å². The zero-order chi connectivity index (χ0) is 20.5. The molecule has 10 heteroatoms. The van der Waals surface area contributed by atoms with Crippen molar-refractivity contribution in [1.29, 1.82) is 0 Å². The van der Waals surface area contributed by atoms with E-state index >= 15 is 0 Å². The summed E-state index contributed by atoms with van der Waals surface area (Å²) in [5, 5.41) is 0. The van der Waals surface area contributed by atoms with Gasteiger partial charge in [-0.15, -0.1) is 0 Å². The molecule has 0 unspecified atom stereocenters. The van der Waals surface area contributed by atoms with Gasteiger partial charge in [-0.1, -0.05) is 0 Å². The van der Waals surface area contributed by atoms with E-state index < -0.39 is 20.0 Å². The summed E-state index contributed by atoms with van der Waals surface area (Å²) in [6.07, 6.45) is 2.51. The molecule has 28 heavy (non-hydrogen) atoms. The minimum Gasteiger partial charge on any atom is -0.493 e. The number of nitrogens with one attached hydrogen (secondary N) is 1. The number of rotatable bonds is 6. The number of sulfonamides is 2. The lowest BCUT2D eigenvalue weighted by Gasteiger charge is -2.29. The maximum Gasteiger partial charge on any atom is 0.262 e. The van der Waals surface area contributed by atoms with E-state index in [9.17, 15) is 16.8 Å². The Labute approximate surface area is 165 Å². The van der Waals surface area contributed by atoms with Crippen LogP contribution in [-0.2, 0) is 26.5 Å². The molecule has 0 saturated heterocycles.